The van der Waals surface area contributed by atoms with Crippen molar-refractivity contribution in [2.45, 2.75) is 12.8 Å². The molecule has 9 aromatic rings. The van der Waals surface area contributed by atoms with Crippen LogP contribution in [-0.2, 0) is 6.42 Å². The molecular formula is C46H28B2O4. The predicted octanol–water partition coefficient (Wildman–Crippen LogP) is 9.71. The molecule has 0 atom stereocenters. The highest BCUT2D eigenvalue weighted by Crippen LogP contribution is 2.50. The molecule has 1 aliphatic carbocycles. The van der Waals surface area contributed by atoms with Crippen LogP contribution in [0.3, 0.4) is 0 Å². The van der Waals surface area contributed by atoms with Gasteiger partial charge in [-0.15, -0.1) is 0 Å². The van der Waals surface area contributed by atoms with Gasteiger partial charge >= 0.3 is 0 Å². The van der Waals surface area contributed by atoms with Crippen LogP contribution < -0.4 is 10.9 Å². The molecule has 0 aliphatic heterocycles. The van der Waals surface area contributed by atoms with Crippen molar-refractivity contribution >= 4 is 87.0 Å². The fourth-order valence-electron chi connectivity index (χ4n) is 8.42. The van der Waals surface area contributed by atoms with Crippen molar-refractivity contribution in [3.8, 4) is 50.6 Å². The normalized spacial score (nSPS) is 12.8. The Hall–Kier alpha value is -6.39. The van der Waals surface area contributed by atoms with E-state index in [9.17, 15) is 15.3 Å². The Bertz CT molecular complexity index is 2940. The molecule has 4 radical (unpaired) electrons. The highest BCUT2D eigenvalue weighted by molar-refractivity contribution is 6.45. The maximum Gasteiger partial charge on any atom is 0.136 e. The highest BCUT2D eigenvalue weighted by Gasteiger charge is 2.26. The average molecular weight is 666 g/mol. The van der Waals surface area contributed by atoms with Crippen molar-refractivity contribution in [3.05, 3.63) is 132 Å². The first-order chi connectivity index (χ1) is 25.4. The van der Waals surface area contributed by atoms with E-state index >= 15 is 0 Å². The number of fused-ring (bicyclic) bond motifs is 8. The first-order valence-corrected chi connectivity index (χ1v) is 17.3. The minimum absolute atomic E-state index is 0.0659. The molecule has 0 fully saturated rings. The summed E-state index contributed by atoms with van der Waals surface area (Å²) in [5.74, 6) is -1.43. The van der Waals surface area contributed by atoms with Crippen LogP contribution in [0.5, 0.6) is 17.2 Å². The summed E-state index contributed by atoms with van der Waals surface area (Å²) < 4.78 is 6.54. The number of aromatic hydroxyl groups is 3. The van der Waals surface area contributed by atoms with E-state index in [2.05, 4.69) is 66.7 Å². The molecular weight excluding hydrogens is 638 g/mol. The Morgan fingerprint density at radius 1 is 0.500 bits per heavy atom. The third-order valence-corrected chi connectivity index (χ3v) is 10.8. The summed E-state index contributed by atoms with van der Waals surface area (Å²) in [6.45, 7) is 0. The van der Waals surface area contributed by atoms with Crippen LogP contribution in [0.15, 0.2) is 126 Å². The van der Waals surface area contributed by atoms with Gasteiger partial charge in [0.25, 0.3) is 0 Å². The summed E-state index contributed by atoms with van der Waals surface area (Å²) in [7, 11) is 12.2. The van der Waals surface area contributed by atoms with Gasteiger partial charge in [0.05, 0.1) is 5.56 Å². The van der Waals surface area contributed by atoms with Crippen LogP contribution in [0.2, 0.25) is 0 Å². The van der Waals surface area contributed by atoms with Crippen LogP contribution in [0.1, 0.15) is 17.5 Å². The Morgan fingerprint density at radius 3 is 1.79 bits per heavy atom. The maximum atomic E-state index is 11.3. The van der Waals surface area contributed by atoms with Gasteiger partial charge in [-0.3, -0.25) is 0 Å². The van der Waals surface area contributed by atoms with Crippen LogP contribution in [0.4, 0.5) is 0 Å². The second-order valence-corrected chi connectivity index (χ2v) is 13.6. The lowest BCUT2D eigenvalue weighted by atomic mass is 9.78. The van der Waals surface area contributed by atoms with Crippen molar-refractivity contribution in [2.75, 3.05) is 0 Å². The van der Waals surface area contributed by atoms with E-state index in [1.807, 2.05) is 60.7 Å². The summed E-state index contributed by atoms with van der Waals surface area (Å²) in [6, 6.07) is 39.5. The largest absolute Gasteiger partial charge is 0.509 e. The third kappa shape index (κ3) is 4.24. The van der Waals surface area contributed by atoms with E-state index in [-0.39, 0.29) is 16.5 Å². The van der Waals surface area contributed by atoms with E-state index in [1.54, 1.807) is 0 Å². The Morgan fingerprint density at radius 2 is 1.12 bits per heavy atom. The maximum absolute atomic E-state index is 11.3. The molecule has 0 unspecified atom stereocenters. The average Bonchev–Trinajstić information content (AvgIpc) is 3.57. The standard InChI is InChI=1S/C46H28B2O4/c47-42-44(49)41(45(50)43(48)46(42)51)40-31-16-7-5-14-29(31)38(30-15-6-8-17-32(30)40)33-18-9-19-37-39(33)35-23-25(20-21-36(35)52-37)34-22-24-10-1-2-11-26(24)27-12-3-4-13-28(27)34/h2-9,11-23,49-51H,1,10H2. The van der Waals surface area contributed by atoms with Gasteiger partial charge in [-0.25, -0.2) is 0 Å². The van der Waals surface area contributed by atoms with Gasteiger partial charge in [-0.05, 0) is 114 Å². The number of benzene rings is 8. The Balaban J connectivity index is 1.29. The van der Waals surface area contributed by atoms with E-state index in [4.69, 9.17) is 20.1 Å². The number of aryl methyl sites for hydroxylation is 1. The molecule has 52 heavy (non-hydrogen) atoms. The zero-order valence-electron chi connectivity index (χ0n) is 27.9. The Kier molecular flexibility index (Phi) is 6.62. The molecule has 0 saturated carbocycles. The molecule has 0 spiro atoms. The van der Waals surface area contributed by atoms with Crippen LogP contribution in [0.25, 0.3) is 93.7 Å². The number of furan rings is 1. The zero-order valence-corrected chi connectivity index (χ0v) is 27.9. The van der Waals surface area contributed by atoms with Gasteiger partial charge in [0, 0.05) is 16.3 Å². The number of rotatable bonds is 3. The van der Waals surface area contributed by atoms with Gasteiger partial charge in [-0.2, -0.15) is 0 Å². The van der Waals surface area contributed by atoms with Crippen LogP contribution in [-0.4, -0.2) is 31.0 Å². The van der Waals surface area contributed by atoms with Crippen LogP contribution in [0, 0.1) is 0 Å². The third-order valence-electron chi connectivity index (χ3n) is 10.8. The van der Waals surface area contributed by atoms with Crippen molar-refractivity contribution < 1.29 is 19.7 Å². The molecule has 4 nitrogen and oxygen atoms in total. The van der Waals surface area contributed by atoms with Crippen molar-refractivity contribution in [2.24, 2.45) is 0 Å². The fourth-order valence-corrected chi connectivity index (χ4v) is 8.42. The minimum Gasteiger partial charge on any atom is -0.509 e. The second kappa shape index (κ2) is 11.3. The number of phenolic OH excluding ortho intramolecular Hbond substituents is 3. The summed E-state index contributed by atoms with van der Waals surface area (Å²) in [5.41, 5.74) is 8.58. The van der Waals surface area contributed by atoms with Gasteiger partial charge in [0.1, 0.15) is 44.1 Å². The van der Waals surface area contributed by atoms with E-state index in [0.717, 1.165) is 73.0 Å². The highest BCUT2D eigenvalue weighted by atomic mass is 16.3. The zero-order chi connectivity index (χ0) is 35.2. The lowest BCUT2D eigenvalue weighted by Crippen LogP contribution is -2.17. The van der Waals surface area contributed by atoms with Gasteiger partial charge in [-0.1, -0.05) is 103 Å². The van der Waals surface area contributed by atoms with E-state index < -0.39 is 17.2 Å². The minimum atomic E-state index is -0.554. The molecule has 8 aromatic carbocycles. The summed E-state index contributed by atoms with van der Waals surface area (Å²) in [6.07, 6.45) is 6.57. The molecule has 3 N–H and O–H groups in total. The first kappa shape index (κ1) is 30.4. The molecule has 0 amide bonds. The van der Waals surface area contributed by atoms with Crippen molar-refractivity contribution in [1.29, 1.82) is 0 Å². The quantitative estimate of drug-likeness (QED) is 0.130. The smallest absolute Gasteiger partial charge is 0.136 e. The SMILES string of the molecule is [B]c1c(O)c([B])c(O)c(-c2c3ccccc3c(-c3cccc4oc5ccc(-c6cc7c(c8ccccc68)C=CCC7)cc5c34)c3ccccc23)c1O. The van der Waals surface area contributed by atoms with E-state index in [0.29, 0.717) is 5.56 Å². The summed E-state index contributed by atoms with van der Waals surface area (Å²) >= 11 is 0. The molecule has 0 saturated heterocycles. The Labute approximate surface area is 301 Å². The predicted molar refractivity (Wildman–Crippen MR) is 216 cm³/mol. The number of allylic oxidation sites excluding steroid dienone is 1. The van der Waals surface area contributed by atoms with Gasteiger partial charge in [0.15, 0.2) is 0 Å². The molecule has 1 heterocycles. The summed E-state index contributed by atoms with van der Waals surface area (Å²) in [4.78, 5) is 0. The fraction of sp³-hybridized carbons (Fsp3) is 0.0435. The van der Waals surface area contributed by atoms with E-state index in [1.165, 1.54) is 27.5 Å². The van der Waals surface area contributed by atoms with Gasteiger partial charge in [0.2, 0.25) is 0 Å². The summed E-state index contributed by atoms with van der Waals surface area (Å²) in [5, 5.41) is 40.9. The number of hydrogen-bond acceptors (Lipinski definition) is 4. The lowest BCUT2D eigenvalue weighted by molar-refractivity contribution is 0.442. The van der Waals surface area contributed by atoms with Crippen molar-refractivity contribution in [3.63, 3.8) is 0 Å². The molecule has 6 heteroatoms. The number of phenols is 3. The van der Waals surface area contributed by atoms with Crippen LogP contribution >= 0.6 is 0 Å². The lowest BCUT2D eigenvalue weighted by Gasteiger charge is -2.21. The molecule has 10 rings (SSSR count). The monoisotopic (exact) mass is 666 g/mol. The van der Waals surface area contributed by atoms with Crippen molar-refractivity contribution in [1.82, 2.24) is 0 Å². The van der Waals surface area contributed by atoms with Gasteiger partial charge < -0.3 is 19.7 Å². The molecule has 1 aliphatic rings. The topological polar surface area (TPSA) is 73.8 Å². The number of hydrogen-bond donors (Lipinski definition) is 3. The first-order valence-electron chi connectivity index (χ1n) is 17.3. The second-order valence-electron chi connectivity index (χ2n) is 13.6. The molecule has 242 valence electrons. The molecule has 0 bridgehead atoms. The molecule has 1 aromatic heterocycles.